The highest BCUT2D eigenvalue weighted by Gasteiger charge is 2.46. The second-order valence-corrected chi connectivity index (χ2v) is 21.0. The summed E-state index contributed by atoms with van der Waals surface area (Å²) >= 11 is 3.50. The van der Waals surface area contributed by atoms with Crippen molar-refractivity contribution in [2.24, 2.45) is 0 Å². The molecular weight excluding hydrogens is 534 g/mol. The summed E-state index contributed by atoms with van der Waals surface area (Å²) in [5, 5.41) is 0.0663. The molecule has 3 rings (SSSR count). The Bertz CT molecular complexity index is 1060. The number of fused-ring (bicyclic) bond motifs is 1. The van der Waals surface area contributed by atoms with Gasteiger partial charge in [-0.3, -0.25) is 14.3 Å². The fourth-order valence-corrected chi connectivity index (χ4v) is 8.79. The number of anilines is 1. The summed E-state index contributed by atoms with van der Waals surface area (Å²) in [6, 6.07) is 3.23. The van der Waals surface area contributed by atoms with Crippen LogP contribution in [0.2, 0.25) is 36.3 Å². The van der Waals surface area contributed by atoms with Gasteiger partial charge in [0.1, 0.15) is 12.3 Å². The quantitative estimate of drug-likeness (QED) is 0.314. The number of ether oxygens (including phenoxy) is 1. The number of nitrogens with zero attached hydrogens (tertiary/aromatic N) is 3. The molecule has 1 aliphatic rings. The van der Waals surface area contributed by atoms with Gasteiger partial charge in [0.25, 0.3) is 5.56 Å². The van der Waals surface area contributed by atoms with Crippen molar-refractivity contribution in [3.63, 3.8) is 0 Å². The van der Waals surface area contributed by atoms with Crippen LogP contribution in [0.25, 0.3) is 11.2 Å². The highest BCUT2D eigenvalue weighted by atomic mass is 79.9. The van der Waals surface area contributed by atoms with Crippen LogP contribution in [0.3, 0.4) is 0 Å². The molecular formula is C22H40BrN5O4Si2. The summed E-state index contributed by atoms with van der Waals surface area (Å²) in [6.45, 7) is 18.4. The SMILES string of the molecule is CC[Si](CC)(CC)OC[C@H]1O[C@@H](n2c(Br)nc3c(=O)[nH]c(N)nc32)C[C@@H]1O[Si](C)(C)C(C)(C)C. The number of nitrogens with two attached hydrogens (primary N) is 1. The molecule has 3 atom stereocenters. The third kappa shape index (κ3) is 5.36. The van der Waals surface area contributed by atoms with E-state index in [1.807, 2.05) is 0 Å². The Kier molecular flexibility index (Phi) is 8.20. The molecule has 0 aromatic carbocycles. The van der Waals surface area contributed by atoms with E-state index in [9.17, 15) is 4.79 Å². The minimum Gasteiger partial charge on any atom is -0.414 e. The maximum atomic E-state index is 12.4. The average molecular weight is 575 g/mol. The van der Waals surface area contributed by atoms with Crippen molar-refractivity contribution in [1.29, 1.82) is 0 Å². The third-order valence-corrected chi connectivity index (χ3v) is 17.4. The highest BCUT2D eigenvalue weighted by molar-refractivity contribution is 9.10. The fraction of sp³-hybridized carbons (Fsp3) is 0.773. The number of aromatic amines is 1. The molecule has 3 heterocycles. The maximum Gasteiger partial charge on any atom is 0.280 e. The molecule has 0 spiro atoms. The summed E-state index contributed by atoms with van der Waals surface area (Å²) in [6.07, 6.45) is -0.152. The molecule has 0 radical (unpaired) electrons. The minimum absolute atomic E-state index is 0.0442. The summed E-state index contributed by atoms with van der Waals surface area (Å²) < 4.78 is 22.3. The van der Waals surface area contributed by atoms with Crippen LogP contribution in [0, 0.1) is 0 Å². The zero-order chi connectivity index (χ0) is 25.5. The predicted octanol–water partition coefficient (Wildman–Crippen LogP) is 5.16. The monoisotopic (exact) mass is 573 g/mol. The Hall–Kier alpha value is -1.06. The van der Waals surface area contributed by atoms with Gasteiger partial charge in [0.2, 0.25) is 5.95 Å². The normalized spacial score (nSPS) is 22.1. The van der Waals surface area contributed by atoms with Crippen LogP contribution in [-0.4, -0.2) is 55.0 Å². The number of hydrogen-bond donors (Lipinski definition) is 2. The number of nitrogen functional groups attached to an aromatic ring is 1. The number of nitrogens with one attached hydrogen (secondary N) is 1. The zero-order valence-electron chi connectivity index (χ0n) is 21.7. The lowest BCUT2D eigenvalue weighted by Crippen LogP contribution is -2.47. The molecule has 0 aliphatic carbocycles. The number of aromatic nitrogens is 4. The van der Waals surface area contributed by atoms with Gasteiger partial charge in [0, 0.05) is 6.42 Å². The molecule has 0 unspecified atom stereocenters. The first-order valence-electron chi connectivity index (χ1n) is 12.2. The average Bonchev–Trinajstić information content (AvgIpc) is 3.28. The molecule has 2 aromatic heterocycles. The van der Waals surface area contributed by atoms with Crippen molar-refractivity contribution >= 4 is 49.7 Å². The van der Waals surface area contributed by atoms with E-state index in [0.29, 0.717) is 23.4 Å². The molecule has 1 saturated heterocycles. The molecule has 0 saturated carbocycles. The number of H-pyrrole nitrogens is 1. The Morgan fingerprint density at radius 1 is 1.21 bits per heavy atom. The van der Waals surface area contributed by atoms with Crippen LogP contribution >= 0.6 is 15.9 Å². The standard InChI is InChI=1S/C22H40BrN5O4Si2/c1-9-34(10-2,11-3)30-13-15-14(32-33(7,8)22(4,5)6)12-16(31-15)28-18-17(25-20(28)23)19(29)27-21(24)26-18/h14-16H,9-13H2,1-8H3,(H3,24,26,27,29)/t14-,15+,16+/m0/s1. The molecule has 9 nitrogen and oxygen atoms in total. The third-order valence-electron chi connectivity index (χ3n) is 7.73. The van der Waals surface area contributed by atoms with Gasteiger partial charge in [0.05, 0.1) is 12.7 Å². The minimum atomic E-state index is -2.06. The Morgan fingerprint density at radius 3 is 2.38 bits per heavy atom. The number of halogens is 1. The highest BCUT2D eigenvalue weighted by Crippen LogP contribution is 2.42. The van der Waals surface area contributed by atoms with Crippen molar-refractivity contribution in [1.82, 2.24) is 19.5 Å². The van der Waals surface area contributed by atoms with Crippen molar-refractivity contribution in [2.45, 2.75) is 103 Å². The van der Waals surface area contributed by atoms with Gasteiger partial charge in [-0.05, 0) is 52.2 Å². The first kappa shape index (κ1) is 27.5. The second kappa shape index (κ2) is 10.1. The summed E-state index contributed by atoms with van der Waals surface area (Å²) in [5.41, 5.74) is 6.07. The van der Waals surface area contributed by atoms with Gasteiger partial charge in [0.15, 0.2) is 32.5 Å². The van der Waals surface area contributed by atoms with E-state index >= 15 is 0 Å². The van der Waals surface area contributed by atoms with E-state index in [0.717, 1.165) is 18.1 Å². The number of hydrogen-bond acceptors (Lipinski definition) is 7. The van der Waals surface area contributed by atoms with Gasteiger partial charge in [-0.15, -0.1) is 0 Å². The molecule has 2 aromatic rings. The van der Waals surface area contributed by atoms with Crippen molar-refractivity contribution in [2.75, 3.05) is 12.3 Å². The van der Waals surface area contributed by atoms with Crippen LogP contribution in [-0.2, 0) is 13.6 Å². The first-order valence-corrected chi connectivity index (χ1v) is 18.4. The van der Waals surface area contributed by atoms with Crippen LogP contribution in [0.1, 0.15) is 54.2 Å². The predicted molar refractivity (Wildman–Crippen MR) is 144 cm³/mol. The van der Waals surface area contributed by atoms with E-state index in [4.69, 9.17) is 19.3 Å². The van der Waals surface area contributed by atoms with Gasteiger partial charge in [-0.2, -0.15) is 4.98 Å². The van der Waals surface area contributed by atoms with Gasteiger partial charge in [-0.1, -0.05) is 41.5 Å². The summed E-state index contributed by atoms with van der Waals surface area (Å²) in [5.74, 6) is 0.0442. The molecule has 0 amide bonds. The van der Waals surface area contributed by atoms with Crippen LogP contribution in [0.15, 0.2) is 9.53 Å². The Morgan fingerprint density at radius 2 is 1.82 bits per heavy atom. The summed E-state index contributed by atoms with van der Waals surface area (Å²) in [4.78, 5) is 23.6. The molecule has 192 valence electrons. The fourth-order valence-electron chi connectivity index (χ4n) is 4.23. The van der Waals surface area contributed by atoms with E-state index in [1.54, 1.807) is 4.57 Å². The van der Waals surface area contributed by atoms with Crippen LogP contribution in [0.4, 0.5) is 5.95 Å². The molecule has 1 fully saturated rings. The maximum absolute atomic E-state index is 12.4. The lowest BCUT2D eigenvalue weighted by atomic mass is 10.2. The molecule has 1 aliphatic heterocycles. The molecule has 12 heteroatoms. The Labute approximate surface area is 212 Å². The lowest BCUT2D eigenvalue weighted by Gasteiger charge is -2.39. The lowest BCUT2D eigenvalue weighted by molar-refractivity contribution is -0.0387. The van der Waals surface area contributed by atoms with Crippen molar-refractivity contribution < 1.29 is 13.6 Å². The molecule has 34 heavy (non-hydrogen) atoms. The molecule has 3 N–H and O–H groups in total. The molecule has 0 bridgehead atoms. The zero-order valence-corrected chi connectivity index (χ0v) is 25.3. The first-order chi connectivity index (χ1) is 15.8. The van der Waals surface area contributed by atoms with Crippen molar-refractivity contribution in [3.05, 3.63) is 15.1 Å². The van der Waals surface area contributed by atoms with Crippen LogP contribution in [0.5, 0.6) is 0 Å². The van der Waals surface area contributed by atoms with Gasteiger partial charge < -0.3 is 19.3 Å². The Balaban J connectivity index is 1.95. The van der Waals surface area contributed by atoms with E-state index < -0.39 is 22.9 Å². The van der Waals surface area contributed by atoms with Gasteiger partial charge in [-0.25, -0.2) is 4.98 Å². The number of imidazole rings is 1. The van der Waals surface area contributed by atoms with E-state index in [1.165, 1.54) is 0 Å². The summed E-state index contributed by atoms with van der Waals surface area (Å²) in [7, 11) is -3.86. The smallest absolute Gasteiger partial charge is 0.280 e. The number of rotatable bonds is 9. The van der Waals surface area contributed by atoms with Gasteiger partial charge >= 0.3 is 0 Å². The van der Waals surface area contributed by atoms with Crippen LogP contribution < -0.4 is 11.3 Å². The second-order valence-electron chi connectivity index (χ2n) is 10.7. The van der Waals surface area contributed by atoms with E-state index in [2.05, 4.69) is 85.5 Å². The van der Waals surface area contributed by atoms with Crippen molar-refractivity contribution in [3.8, 4) is 0 Å². The largest absolute Gasteiger partial charge is 0.414 e. The van der Waals surface area contributed by atoms with E-state index in [-0.39, 0.29) is 34.3 Å². The topological polar surface area (TPSA) is 117 Å².